The van der Waals surface area contributed by atoms with Gasteiger partial charge in [-0.05, 0) is 75.3 Å². The molecule has 0 unspecified atom stereocenters. The van der Waals surface area contributed by atoms with E-state index in [1.807, 2.05) is 60.7 Å². The summed E-state index contributed by atoms with van der Waals surface area (Å²) in [5, 5.41) is 7.77. The summed E-state index contributed by atoms with van der Waals surface area (Å²) in [6.45, 7) is 4.57. The Kier molecular flexibility index (Phi) is 7.35. The van der Waals surface area contributed by atoms with E-state index in [0.29, 0.717) is 5.56 Å². The maximum Gasteiger partial charge on any atom is 0.255 e. The molecule has 5 rings (SSSR count). The first-order chi connectivity index (χ1) is 17.3. The Hall–Kier alpha value is -3.70. The van der Waals surface area contributed by atoms with E-state index >= 15 is 0 Å². The number of amides is 1. The number of piperidine rings is 1. The number of aromatic nitrogens is 1. The van der Waals surface area contributed by atoms with Gasteiger partial charge in [0.1, 0.15) is 0 Å². The van der Waals surface area contributed by atoms with Gasteiger partial charge in [0.25, 0.3) is 5.91 Å². The zero-order valence-corrected chi connectivity index (χ0v) is 20.0. The van der Waals surface area contributed by atoms with Crippen molar-refractivity contribution in [3.63, 3.8) is 0 Å². The standard InChI is InChI=1S/C30H32N4O/c35-30(24-10-3-1-4-11-24)32-25-16-14-23(15-17-25)28-22-29(26-12-5-6-13-27(26)33-28)31-18-9-21-34-19-7-2-8-20-34/h1,3-6,10-17,22H,2,7-9,18-21H2,(H,31,33)(H,32,35). The number of anilines is 2. The van der Waals surface area contributed by atoms with Gasteiger partial charge in [0, 0.05) is 34.4 Å². The second-order valence-corrected chi connectivity index (χ2v) is 9.15. The third-order valence-corrected chi connectivity index (χ3v) is 6.61. The Labute approximate surface area is 207 Å². The molecule has 178 valence electrons. The van der Waals surface area contributed by atoms with Crippen LogP contribution in [0, 0.1) is 0 Å². The molecule has 4 aromatic rings. The molecule has 0 aliphatic carbocycles. The van der Waals surface area contributed by atoms with Crippen LogP contribution in [-0.4, -0.2) is 42.0 Å². The molecule has 1 saturated heterocycles. The lowest BCUT2D eigenvalue weighted by molar-refractivity contribution is 0.102. The van der Waals surface area contributed by atoms with Crippen LogP contribution in [0.5, 0.6) is 0 Å². The summed E-state index contributed by atoms with van der Waals surface area (Å²) in [4.78, 5) is 19.9. The Morgan fingerprint density at radius 2 is 1.60 bits per heavy atom. The normalized spacial score (nSPS) is 14.1. The molecule has 0 spiro atoms. The molecule has 1 aliphatic rings. The number of nitrogens with one attached hydrogen (secondary N) is 2. The molecule has 1 aromatic heterocycles. The third kappa shape index (κ3) is 5.87. The molecule has 1 fully saturated rings. The monoisotopic (exact) mass is 464 g/mol. The lowest BCUT2D eigenvalue weighted by atomic mass is 10.1. The number of fused-ring (bicyclic) bond motifs is 1. The summed E-state index contributed by atoms with van der Waals surface area (Å²) in [5.41, 5.74) is 5.44. The van der Waals surface area contributed by atoms with Gasteiger partial charge >= 0.3 is 0 Å². The number of rotatable bonds is 8. The predicted octanol–water partition coefficient (Wildman–Crippen LogP) is 6.44. The number of hydrogen-bond donors (Lipinski definition) is 2. The highest BCUT2D eigenvalue weighted by molar-refractivity contribution is 6.04. The summed E-state index contributed by atoms with van der Waals surface area (Å²) in [7, 11) is 0. The van der Waals surface area contributed by atoms with Crippen LogP contribution in [0.2, 0.25) is 0 Å². The molecular weight excluding hydrogens is 432 g/mol. The molecule has 0 bridgehead atoms. The van der Waals surface area contributed by atoms with Gasteiger partial charge in [-0.15, -0.1) is 0 Å². The van der Waals surface area contributed by atoms with Crippen molar-refractivity contribution in [2.45, 2.75) is 25.7 Å². The first kappa shape index (κ1) is 23.1. The van der Waals surface area contributed by atoms with Crippen LogP contribution in [0.15, 0.2) is 84.9 Å². The molecule has 2 N–H and O–H groups in total. The number of likely N-dealkylation sites (tertiary alicyclic amines) is 1. The number of para-hydroxylation sites is 1. The minimum absolute atomic E-state index is 0.113. The Morgan fingerprint density at radius 3 is 2.40 bits per heavy atom. The fraction of sp³-hybridized carbons (Fsp3) is 0.267. The van der Waals surface area contributed by atoms with Crippen molar-refractivity contribution < 1.29 is 4.79 Å². The number of benzene rings is 3. The molecule has 35 heavy (non-hydrogen) atoms. The van der Waals surface area contributed by atoms with E-state index in [1.165, 1.54) is 32.4 Å². The van der Waals surface area contributed by atoms with Crippen LogP contribution in [0.25, 0.3) is 22.2 Å². The number of hydrogen-bond acceptors (Lipinski definition) is 4. The van der Waals surface area contributed by atoms with Crippen LogP contribution in [0.3, 0.4) is 0 Å². The van der Waals surface area contributed by atoms with Crippen molar-refractivity contribution in [3.8, 4) is 11.3 Å². The van der Waals surface area contributed by atoms with Crippen molar-refractivity contribution in [1.82, 2.24) is 9.88 Å². The minimum Gasteiger partial charge on any atom is -0.384 e. The smallest absolute Gasteiger partial charge is 0.255 e. The van der Waals surface area contributed by atoms with E-state index in [-0.39, 0.29) is 5.91 Å². The first-order valence-corrected chi connectivity index (χ1v) is 12.6. The zero-order chi connectivity index (χ0) is 23.9. The first-order valence-electron chi connectivity index (χ1n) is 12.6. The lowest BCUT2D eigenvalue weighted by Crippen LogP contribution is -2.31. The molecule has 5 nitrogen and oxygen atoms in total. The van der Waals surface area contributed by atoms with Gasteiger partial charge in [-0.2, -0.15) is 0 Å². The van der Waals surface area contributed by atoms with Gasteiger partial charge in [0.05, 0.1) is 11.2 Å². The second kappa shape index (κ2) is 11.2. The Bertz CT molecular complexity index is 1260. The zero-order valence-electron chi connectivity index (χ0n) is 20.0. The molecule has 1 amide bonds. The molecule has 0 saturated carbocycles. The van der Waals surface area contributed by atoms with Crippen molar-refractivity contribution in [1.29, 1.82) is 0 Å². The lowest BCUT2D eigenvalue weighted by Gasteiger charge is -2.26. The van der Waals surface area contributed by atoms with Crippen molar-refractivity contribution >= 4 is 28.2 Å². The largest absolute Gasteiger partial charge is 0.384 e. The summed E-state index contributed by atoms with van der Waals surface area (Å²) < 4.78 is 0. The van der Waals surface area contributed by atoms with Crippen LogP contribution in [0.4, 0.5) is 11.4 Å². The highest BCUT2D eigenvalue weighted by Crippen LogP contribution is 2.29. The molecule has 1 aliphatic heterocycles. The van der Waals surface area contributed by atoms with E-state index in [0.717, 1.165) is 53.0 Å². The molecule has 3 aromatic carbocycles. The average Bonchev–Trinajstić information content (AvgIpc) is 2.92. The van der Waals surface area contributed by atoms with Gasteiger partial charge in [0.2, 0.25) is 0 Å². The van der Waals surface area contributed by atoms with Crippen molar-refractivity contribution in [2.24, 2.45) is 0 Å². The number of nitrogens with zero attached hydrogens (tertiary/aromatic N) is 2. The number of carbonyl (C=O) groups is 1. The minimum atomic E-state index is -0.113. The van der Waals surface area contributed by atoms with E-state index in [4.69, 9.17) is 4.98 Å². The summed E-state index contributed by atoms with van der Waals surface area (Å²) >= 11 is 0. The van der Waals surface area contributed by atoms with Crippen molar-refractivity contribution in [3.05, 3.63) is 90.5 Å². The van der Waals surface area contributed by atoms with E-state index in [9.17, 15) is 4.79 Å². The molecule has 5 heteroatoms. The molecule has 0 atom stereocenters. The average molecular weight is 465 g/mol. The van der Waals surface area contributed by atoms with Gasteiger partial charge in [0.15, 0.2) is 0 Å². The highest BCUT2D eigenvalue weighted by atomic mass is 16.1. The van der Waals surface area contributed by atoms with Gasteiger partial charge in [-0.3, -0.25) is 4.79 Å². The topological polar surface area (TPSA) is 57.3 Å². The highest BCUT2D eigenvalue weighted by Gasteiger charge is 2.11. The summed E-state index contributed by atoms with van der Waals surface area (Å²) in [5.74, 6) is -0.113. The molecule has 2 heterocycles. The van der Waals surface area contributed by atoms with E-state index < -0.39 is 0 Å². The van der Waals surface area contributed by atoms with Gasteiger partial charge in [-0.1, -0.05) is 55.0 Å². The summed E-state index contributed by atoms with van der Waals surface area (Å²) in [6, 6.07) is 27.6. The van der Waals surface area contributed by atoms with Crippen LogP contribution in [-0.2, 0) is 0 Å². The predicted molar refractivity (Wildman–Crippen MR) is 145 cm³/mol. The fourth-order valence-electron chi connectivity index (χ4n) is 4.70. The quantitative estimate of drug-likeness (QED) is 0.295. The maximum absolute atomic E-state index is 12.5. The Balaban J connectivity index is 1.29. The summed E-state index contributed by atoms with van der Waals surface area (Å²) in [6.07, 6.45) is 5.17. The third-order valence-electron chi connectivity index (χ3n) is 6.61. The number of carbonyl (C=O) groups excluding carboxylic acids is 1. The second-order valence-electron chi connectivity index (χ2n) is 9.15. The molecule has 0 radical (unpaired) electrons. The van der Waals surface area contributed by atoms with Crippen LogP contribution < -0.4 is 10.6 Å². The fourth-order valence-corrected chi connectivity index (χ4v) is 4.70. The van der Waals surface area contributed by atoms with Crippen LogP contribution in [0.1, 0.15) is 36.0 Å². The maximum atomic E-state index is 12.5. The van der Waals surface area contributed by atoms with E-state index in [1.54, 1.807) is 0 Å². The van der Waals surface area contributed by atoms with Crippen LogP contribution >= 0.6 is 0 Å². The Morgan fingerprint density at radius 1 is 0.857 bits per heavy atom. The van der Waals surface area contributed by atoms with E-state index in [2.05, 4.69) is 39.8 Å². The molecular formula is C30H32N4O. The van der Waals surface area contributed by atoms with Crippen molar-refractivity contribution in [2.75, 3.05) is 36.8 Å². The van der Waals surface area contributed by atoms with Gasteiger partial charge < -0.3 is 15.5 Å². The number of pyridine rings is 1. The SMILES string of the molecule is O=C(Nc1ccc(-c2cc(NCCCN3CCCCC3)c3ccccc3n2)cc1)c1ccccc1. The van der Waals surface area contributed by atoms with Gasteiger partial charge in [-0.25, -0.2) is 4.98 Å².